The summed E-state index contributed by atoms with van der Waals surface area (Å²) in [6.45, 7) is 10.9. The van der Waals surface area contributed by atoms with E-state index in [1.54, 1.807) is 35.8 Å². The van der Waals surface area contributed by atoms with Crippen molar-refractivity contribution in [1.82, 2.24) is 14.0 Å². The molecule has 3 heterocycles. The van der Waals surface area contributed by atoms with Crippen molar-refractivity contribution in [2.45, 2.75) is 40.7 Å². The molecule has 43 heavy (non-hydrogen) atoms. The van der Waals surface area contributed by atoms with Crippen molar-refractivity contribution in [3.05, 3.63) is 106 Å². The third-order valence-corrected chi connectivity index (χ3v) is 9.58. The van der Waals surface area contributed by atoms with E-state index in [4.69, 9.17) is 14.5 Å². The Morgan fingerprint density at radius 2 is 1.74 bits per heavy atom. The monoisotopic (exact) mass is 710 g/mol. The summed E-state index contributed by atoms with van der Waals surface area (Å²) in [6.07, 6.45) is 1.93. The summed E-state index contributed by atoms with van der Waals surface area (Å²) in [7, 11) is 3.17. The molecular weight excluding hydrogens is 675 g/mol. The number of likely N-dealkylation sites (N-methyl/N-ethyl adjacent to an activating group) is 1. The number of thiazole rings is 1. The van der Waals surface area contributed by atoms with Gasteiger partial charge in [0.2, 0.25) is 0 Å². The molecule has 5 rings (SSSR count). The van der Waals surface area contributed by atoms with Crippen LogP contribution in [0.25, 0.3) is 11.8 Å². The van der Waals surface area contributed by atoms with Crippen LogP contribution >= 0.6 is 33.9 Å². The molecule has 1 atom stereocenters. The minimum absolute atomic E-state index is 0.156. The zero-order valence-electron chi connectivity index (χ0n) is 25.4. The first kappa shape index (κ1) is 30.8. The van der Waals surface area contributed by atoms with E-state index in [9.17, 15) is 9.59 Å². The summed E-state index contributed by atoms with van der Waals surface area (Å²) >= 11 is 3.63. The minimum atomic E-state index is -0.740. The molecule has 224 valence electrons. The third-order valence-electron chi connectivity index (χ3n) is 7.88. The zero-order chi connectivity index (χ0) is 31.0. The molecule has 8 nitrogen and oxygen atoms in total. The Bertz CT molecular complexity index is 1910. The molecule has 0 radical (unpaired) electrons. The molecule has 0 saturated carbocycles. The van der Waals surface area contributed by atoms with Crippen molar-refractivity contribution >= 4 is 45.9 Å². The number of carbonyl (C=O) groups excluding carboxylic acids is 1. The molecule has 4 aromatic rings. The van der Waals surface area contributed by atoms with E-state index in [0.29, 0.717) is 50.8 Å². The van der Waals surface area contributed by atoms with Gasteiger partial charge in [-0.1, -0.05) is 11.3 Å². The van der Waals surface area contributed by atoms with Crippen LogP contribution in [0.4, 0.5) is 0 Å². The Hall–Kier alpha value is -3.64. The van der Waals surface area contributed by atoms with Crippen molar-refractivity contribution in [2.24, 2.45) is 4.99 Å². The second kappa shape index (κ2) is 12.5. The van der Waals surface area contributed by atoms with E-state index < -0.39 is 6.04 Å². The molecule has 0 aliphatic carbocycles. The molecule has 1 amide bonds. The van der Waals surface area contributed by atoms with Gasteiger partial charge in [-0.05, 0) is 117 Å². The number of aromatic nitrogens is 2. The van der Waals surface area contributed by atoms with E-state index in [-0.39, 0.29) is 11.5 Å². The Labute approximate surface area is 268 Å². The van der Waals surface area contributed by atoms with E-state index in [1.807, 2.05) is 32.9 Å². The summed E-state index contributed by atoms with van der Waals surface area (Å²) in [5.74, 6) is 1.00. The lowest BCUT2D eigenvalue weighted by molar-refractivity contribution is -0.127. The molecule has 0 bridgehead atoms. The lowest BCUT2D eigenvalue weighted by Crippen LogP contribution is -2.43. The topological polar surface area (TPSA) is 78.1 Å². The number of ether oxygens (including phenoxy) is 2. The van der Waals surface area contributed by atoms with Gasteiger partial charge in [0.1, 0.15) is 17.5 Å². The van der Waals surface area contributed by atoms with Gasteiger partial charge in [-0.3, -0.25) is 14.2 Å². The molecule has 0 unspecified atom stereocenters. The predicted molar refractivity (Wildman–Crippen MR) is 179 cm³/mol. The average molecular weight is 711 g/mol. The highest BCUT2D eigenvalue weighted by Crippen LogP contribution is 2.38. The number of benzene rings is 2. The van der Waals surface area contributed by atoms with Gasteiger partial charge in [0.25, 0.3) is 11.5 Å². The minimum Gasteiger partial charge on any atom is -0.497 e. The Morgan fingerprint density at radius 1 is 1.05 bits per heavy atom. The first-order valence-electron chi connectivity index (χ1n) is 14.1. The van der Waals surface area contributed by atoms with E-state index in [1.165, 1.54) is 14.9 Å². The molecule has 0 saturated heterocycles. The fourth-order valence-corrected chi connectivity index (χ4v) is 7.08. The van der Waals surface area contributed by atoms with Crippen molar-refractivity contribution in [3.63, 3.8) is 0 Å². The summed E-state index contributed by atoms with van der Waals surface area (Å²) in [5, 5.41) is 0. The fraction of sp³-hybridized carbons (Fsp3) is 0.303. The first-order chi connectivity index (χ1) is 20.6. The highest BCUT2D eigenvalue weighted by atomic mass is 127. The Balaban J connectivity index is 1.74. The number of nitrogens with zero attached hydrogens (tertiary/aromatic N) is 4. The van der Waals surface area contributed by atoms with Gasteiger partial charge in [-0.15, -0.1) is 0 Å². The largest absolute Gasteiger partial charge is 0.497 e. The van der Waals surface area contributed by atoms with Crippen LogP contribution in [0.3, 0.4) is 0 Å². The number of halogens is 1. The average Bonchev–Trinajstić information content (AvgIpc) is 3.46. The van der Waals surface area contributed by atoms with Gasteiger partial charge in [0, 0.05) is 39.3 Å². The molecule has 1 aliphatic rings. The van der Waals surface area contributed by atoms with Crippen LogP contribution in [0, 0.1) is 17.4 Å². The van der Waals surface area contributed by atoms with Crippen molar-refractivity contribution in [1.29, 1.82) is 0 Å². The molecule has 0 fully saturated rings. The fourth-order valence-electron chi connectivity index (χ4n) is 5.69. The van der Waals surface area contributed by atoms with E-state index in [0.717, 1.165) is 22.6 Å². The maximum atomic E-state index is 14.3. The van der Waals surface area contributed by atoms with Crippen molar-refractivity contribution in [2.75, 3.05) is 27.3 Å². The summed E-state index contributed by atoms with van der Waals surface area (Å²) in [5.41, 5.74) is 5.60. The van der Waals surface area contributed by atoms with Crippen LogP contribution in [-0.4, -0.2) is 47.3 Å². The van der Waals surface area contributed by atoms with Gasteiger partial charge in [-0.25, -0.2) is 4.99 Å². The van der Waals surface area contributed by atoms with Crippen LogP contribution in [0.2, 0.25) is 0 Å². The second-order valence-electron chi connectivity index (χ2n) is 10.3. The number of rotatable bonds is 8. The van der Waals surface area contributed by atoms with Crippen LogP contribution in [0.15, 0.2) is 69.6 Å². The lowest BCUT2D eigenvalue weighted by Gasteiger charge is -2.30. The predicted octanol–water partition coefficient (Wildman–Crippen LogP) is 5.13. The van der Waals surface area contributed by atoms with Gasteiger partial charge >= 0.3 is 0 Å². The summed E-state index contributed by atoms with van der Waals surface area (Å²) < 4.78 is 16.8. The quantitative estimate of drug-likeness (QED) is 0.238. The Morgan fingerprint density at radius 3 is 2.37 bits per heavy atom. The van der Waals surface area contributed by atoms with Crippen LogP contribution in [0.5, 0.6) is 11.5 Å². The van der Waals surface area contributed by atoms with Gasteiger partial charge in [-0.2, -0.15) is 0 Å². The van der Waals surface area contributed by atoms with Crippen LogP contribution in [0.1, 0.15) is 49.3 Å². The Kier molecular flexibility index (Phi) is 8.98. The number of hydrogen-bond acceptors (Lipinski definition) is 6. The second-order valence-corrected chi connectivity index (χ2v) is 12.6. The van der Waals surface area contributed by atoms with E-state index >= 15 is 0 Å². The normalized spacial score (nSPS) is 14.9. The number of fused-ring (bicyclic) bond motifs is 1. The number of allylic oxidation sites excluding steroid dienone is 1. The van der Waals surface area contributed by atoms with Crippen LogP contribution in [-0.2, 0) is 4.79 Å². The number of carbonyl (C=O) groups is 1. The van der Waals surface area contributed by atoms with Crippen molar-refractivity contribution < 1.29 is 14.3 Å². The summed E-state index contributed by atoms with van der Waals surface area (Å²) in [4.78, 5) is 35.4. The van der Waals surface area contributed by atoms with Crippen LogP contribution < -0.4 is 24.4 Å². The standard InChI is InChI=1S/C33H35IN4O4S/c1-8-36(9-2)32(40)29-20(4)35-33-38(30(29)26-18-25(41-6)14-15-27(26)42-7)31(39)28(43-33)17-22-16-19(3)37(21(22)5)24-12-10-23(34)11-13-24/h10-18,30H,8-9H2,1-7H3/b28-17+/t30-/m1/s1. The number of methoxy groups -OCH3 is 2. The molecule has 0 spiro atoms. The zero-order valence-corrected chi connectivity index (χ0v) is 28.4. The first-order valence-corrected chi connectivity index (χ1v) is 16.0. The lowest BCUT2D eigenvalue weighted by atomic mass is 9.93. The molecular formula is C33H35IN4O4S. The van der Waals surface area contributed by atoms with Gasteiger partial charge < -0.3 is 18.9 Å². The smallest absolute Gasteiger partial charge is 0.271 e. The van der Waals surface area contributed by atoms with E-state index in [2.05, 4.69) is 71.3 Å². The van der Waals surface area contributed by atoms with Gasteiger partial charge in [0.05, 0.1) is 30.0 Å². The highest BCUT2D eigenvalue weighted by Gasteiger charge is 2.36. The van der Waals surface area contributed by atoms with Gasteiger partial charge in [0.15, 0.2) is 4.80 Å². The number of amides is 1. The number of aryl methyl sites for hydroxylation is 1. The third kappa shape index (κ3) is 5.58. The SMILES string of the molecule is CCN(CC)C(=O)C1=C(C)N=c2s/c(=C/c3cc(C)n(-c4ccc(I)cc4)c3C)c(=O)n2[C@@H]1c1cc(OC)ccc1OC. The molecule has 0 N–H and O–H groups in total. The highest BCUT2D eigenvalue weighted by molar-refractivity contribution is 14.1. The molecule has 1 aliphatic heterocycles. The maximum Gasteiger partial charge on any atom is 0.271 e. The van der Waals surface area contributed by atoms with Crippen molar-refractivity contribution in [3.8, 4) is 17.2 Å². The molecule has 2 aromatic heterocycles. The molecule has 10 heteroatoms. The maximum absolute atomic E-state index is 14.3. The number of hydrogen-bond donors (Lipinski definition) is 0. The summed E-state index contributed by atoms with van der Waals surface area (Å²) in [6, 6.07) is 15.2. The molecule has 2 aromatic carbocycles.